The van der Waals surface area contributed by atoms with E-state index in [4.69, 9.17) is 0 Å². The summed E-state index contributed by atoms with van der Waals surface area (Å²) in [6.45, 7) is 0.286. The van der Waals surface area contributed by atoms with Gasteiger partial charge in [0.15, 0.2) is 0 Å². The van der Waals surface area contributed by atoms with Crippen LogP contribution < -0.4 is 5.32 Å². The first-order valence-electron chi connectivity index (χ1n) is 5.69. The van der Waals surface area contributed by atoms with Crippen LogP contribution in [0.1, 0.15) is 31.2 Å². The van der Waals surface area contributed by atoms with E-state index >= 15 is 0 Å². The molecule has 0 aliphatic carbocycles. The number of hydrogen-bond donors (Lipinski definition) is 1. The Labute approximate surface area is 95.9 Å². The highest BCUT2D eigenvalue weighted by molar-refractivity contribution is 5.75. The van der Waals surface area contributed by atoms with Crippen LogP contribution in [0.4, 0.5) is 4.39 Å². The predicted molar refractivity (Wildman–Crippen MR) is 62.7 cm³/mol. The quantitative estimate of drug-likeness (QED) is 0.706. The smallest absolute Gasteiger partial charge is 0.220 e. The van der Waals surface area contributed by atoms with Gasteiger partial charge < -0.3 is 5.32 Å². The van der Waals surface area contributed by atoms with E-state index in [1.165, 1.54) is 0 Å². The Morgan fingerprint density at radius 1 is 1.12 bits per heavy atom. The van der Waals surface area contributed by atoms with E-state index in [0.717, 1.165) is 18.4 Å². The molecule has 0 spiro atoms. The van der Waals surface area contributed by atoms with Crippen molar-refractivity contribution in [1.29, 1.82) is 0 Å². The molecule has 1 aromatic carbocycles. The molecule has 88 valence electrons. The molecule has 1 rings (SSSR count). The van der Waals surface area contributed by atoms with Crippen molar-refractivity contribution >= 4 is 5.91 Å². The summed E-state index contributed by atoms with van der Waals surface area (Å²) in [7, 11) is 0. The molecule has 0 saturated carbocycles. The average Bonchev–Trinajstić information content (AvgIpc) is 2.33. The number of nitrogens with one attached hydrogen (secondary N) is 1. The van der Waals surface area contributed by atoms with E-state index < -0.39 is 0 Å². The molecular formula is C13H18FNO. The van der Waals surface area contributed by atoms with Gasteiger partial charge in [-0.3, -0.25) is 9.18 Å². The lowest BCUT2D eigenvalue weighted by Crippen LogP contribution is -2.22. The molecule has 0 unspecified atom stereocenters. The number of halogens is 1. The van der Waals surface area contributed by atoms with E-state index in [-0.39, 0.29) is 12.6 Å². The Kier molecular flexibility index (Phi) is 6.23. The van der Waals surface area contributed by atoms with Crippen molar-refractivity contribution in [3.05, 3.63) is 35.9 Å². The molecule has 0 heterocycles. The maximum atomic E-state index is 11.8. The molecule has 1 amide bonds. The van der Waals surface area contributed by atoms with E-state index in [0.29, 0.717) is 19.4 Å². The Morgan fingerprint density at radius 2 is 1.88 bits per heavy atom. The molecule has 2 nitrogen and oxygen atoms in total. The van der Waals surface area contributed by atoms with Crippen LogP contribution in [-0.2, 0) is 11.3 Å². The first-order chi connectivity index (χ1) is 7.83. The fourth-order valence-corrected chi connectivity index (χ4v) is 1.44. The van der Waals surface area contributed by atoms with Gasteiger partial charge in [-0.1, -0.05) is 36.8 Å². The first-order valence-corrected chi connectivity index (χ1v) is 5.69. The molecule has 3 heteroatoms. The molecule has 0 saturated heterocycles. The van der Waals surface area contributed by atoms with Gasteiger partial charge in [0.05, 0.1) is 6.67 Å². The third-order valence-corrected chi connectivity index (χ3v) is 2.37. The zero-order valence-corrected chi connectivity index (χ0v) is 9.42. The molecule has 0 radical (unpaired) electrons. The molecule has 16 heavy (non-hydrogen) atoms. The highest BCUT2D eigenvalue weighted by atomic mass is 18.2. The van der Waals surface area contributed by atoms with Crippen LogP contribution in [0, 0.1) is 0 Å². The van der Waals surface area contributed by atoms with Crippen LogP contribution in [-0.4, -0.2) is 12.6 Å². The van der Waals surface area contributed by atoms with Crippen LogP contribution >= 0.6 is 0 Å². The van der Waals surface area contributed by atoms with Crippen molar-refractivity contribution in [1.82, 2.24) is 5.32 Å². The van der Waals surface area contributed by atoms with E-state index in [1.54, 1.807) is 0 Å². The lowest BCUT2D eigenvalue weighted by atomic mass is 10.2. The molecule has 0 aromatic heterocycles. The van der Waals surface area contributed by atoms with E-state index in [1.807, 2.05) is 30.3 Å². The number of unbranched alkanes of at least 4 members (excludes halogenated alkanes) is 2. The molecule has 0 atom stereocenters. The molecule has 1 N–H and O–H groups in total. The minimum absolute atomic E-state index is 0.0442. The summed E-state index contributed by atoms with van der Waals surface area (Å²) in [5.74, 6) is 0.0442. The molecular weight excluding hydrogens is 204 g/mol. The van der Waals surface area contributed by atoms with Gasteiger partial charge in [-0.25, -0.2) is 0 Å². The number of carbonyl (C=O) groups is 1. The highest BCUT2D eigenvalue weighted by Crippen LogP contribution is 2.01. The maximum absolute atomic E-state index is 11.8. The van der Waals surface area contributed by atoms with Gasteiger partial charge in [-0.15, -0.1) is 0 Å². The van der Waals surface area contributed by atoms with Crippen molar-refractivity contribution < 1.29 is 9.18 Å². The normalized spacial score (nSPS) is 10.1. The van der Waals surface area contributed by atoms with E-state index in [9.17, 15) is 9.18 Å². The van der Waals surface area contributed by atoms with Crippen LogP contribution in [0.5, 0.6) is 0 Å². The van der Waals surface area contributed by atoms with Gasteiger partial charge in [-0.2, -0.15) is 0 Å². The second-order valence-corrected chi connectivity index (χ2v) is 3.76. The standard InChI is InChI=1S/C13H18FNO/c14-10-6-2-5-9-13(16)15-11-12-7-3-1-4-8-12/h1,3-4,7-8H,2,5-6,9-11H2,(H,15,16)/i14-1. The topological polar surface area (TPSA) is 29.1 Å². The summed E-state index contributed by atoms with van der Waals surface area (Å²) in [4.78, 5) is 11.4. The molecule has 1 aromatic rings. The SMILES string of the molecule is O=C(CCCCC[18F])NCc1ccccc1. The lowest BCUT2D eigenvalue weighted by molar-refractivity contribution is -0.121. The number of benzene rings is 1. The van der Waals surface area contributed by atoms with Crippen molar-refractivity contribution in [3.8, 4) is 0 Å². The first kappa shape index (κ1) is 12.7. The number of carbonyl (C=O) groups excluding carboxylic acids is 1. The summed E-state index contributed by atoms with van der Waals surface area (Å²) >= 11 is 0. The van der Waals surface area contributed by atoms with Crippen molar-refractivity contribution in [3.63, 3.8) is 0 Å². The average molecular weight is 222 g/mol. The molecule has 0 aliphatic rings. The van der Waals surface area contributed by atoms with Gasteiger partial charge in [-0.05, 0) is 18.4 Å². The number of rotatable bonds is 7. The maximum Gasteiger partial charge on any atom is 0.220 e. The number of alkyl halides is 1. The van der Waals surface area contributed by atoms with Crippen molar-refractivity contribution in [2.75, 3.05) is 6.67 Å². The third kappa shape index (κ3) is 5.49. The van der Waals surface area contributed by atoms with Crippen LogP contribution in [0.2, 0.25) is 0 Å². The zero-order valence-electron chi connectivity index (χ0n) is 9.42. The minimum atomic E-state index is -0.286. The largest absolute Gasteiger partial charge is 0.352 e. The third-order valence-electron chi connectivity index (χ3n) is 2.37. The summed E-state index contributed by atoms with van der Waals surface area (Å²) < 4.78 is 11.8. The van der Waals surface area contributed by atoms with Crippen LogP contribution in [0.3, 0.4) is 0 Å². The van der Waals surface area contributed by atoms with Crippen molar-refractivity contribution in [2.45, 2.75) is 32.2 Å². The summed E-state index contributed by atoms with van der Waals surface area (Å²) in [6, 6.07) is 9.79. The summed E-state index contributed by atoms with van der Waals surface area (Å²) in [6.07, 6.45) is 2.61. The van der Waals surface area contributed by atoms with Gasteiger partial charge in [0.2, 0.25) is 5.91 Å². The molecule has 0 fully saturated rings. The lowest BCUT2D eigenvalue weighted by Gasteiger charge is -2.04. The van der Waals surface area contributed by atoms with Crippen molar-refractivity contribution in [2.24, 2.45) is 0 Å². The van der Waals surface area contributed by atoms with Crippen LogP contribution in [0.25, 0.3) is 0 Å². The summed E-state index contributed by atoms with van der Waals surface area (Å²) in [5.41, 5.74) is 1.10. The Morgan fingerprint density at radius 3 is 2.56 bits per heavy atom. The van der Waals surface area contributed by atoms with Gasteiger partial charge in [0.1, 0.15) is 0 Å². The monoisotopic (exact) mass is 222 g/mol. The van der Waals surface area contributed by atoms with Gasteiger partial charge >= 0.3 is 0 Å². The number of amides is 1. The minimum Gasteiger partial charge on any atom is -0.352 e. The predicted octanol–water partition coefficient (Wildman–Crippen LogP) is 2.83. The fourth-order valence-electron chi connectivity index (χ4n) is 1.44. The van der Waals surface area contributed by atoms with Gasteiger partial charge in [0, 0.05) is 13.0 Å². The second-order valence-electron chi connectivity index (χ2n) is 3.76. The van der Waals surface area contributed by atoms with Crippen LogP contribution in [0.15, 0.2) is 30.3 Å². The van der Waals surface area contributed by atoms with E-state index in [2.05, 4.69) is 5.32 Å². The Balaban J connectivity index is 2.11. The molecule has 0 aliphatic heterocycles. The second kappa shape index (κ2) is 7.85. The van der Waals surface area contributed by atoms with Gasteiger partial charge in [0.25, 0.3) is 0 Å². The number of hydrogen-bond acceptors (Lipinski definition) is 1. The summed E-state index contributed by atoms with van der Waals surface area (Å²) in [5, 5.41) is 2.84. The highest BCUT2D eigenvalue weighted by Gasteiger charge is 2.00. The molecule has 0 bridgehead atoms. The Hall–Kier alpha value is -1.38. The zero-order chi connectivity index (χ0) is 11.6. The fraction of sp³-hybridized carbons (Fsp3) is 0.462. The Bertz CT molecular complexity index is 300.